The molecular weight excluding hydrogens is 462 g/mol. The average Bonchev–Trinajstić information content (AvgIpc) is 3.35. The molecule has 34 heavy (non-hydrogen) atoms. The highest BCUT2D eigenvalue weighted by molar-refractivity contribution is 7.89. The number of hydrogen-bond acceptors (Lipinski definition) is 4. The fourth-order valence-electron chi connectivity index (χ4n) is 4.12. The topological polar surface area (TPSA) is 95.2 Å². The van der Waals surface area contributed by atoms with E-state index in [0.29, 0.717) is 37.2 Å². The van der Waals surface area contributed by atoms with Crippen molar-refractivity contribution in [1.82, 2.24) is 19.6 Å². The Kier molecular flexibility index (Phi) is 7.08. The molecule has 2 N–H and O–H groups in total. The van der Waals surface area contributed by atoms with E-state index in [4.69, 9.17) is 0 Å². The van der Waals surface area contributed by atoms with E-state index in [-0.39, 0.29) is 16.7 Å². The molecule has 180 valence electrons. The number of nitrogens with one attached hydrogen (secondary N) is 2. The molecule has 7 nitrogen and oxygen atoms in total. The SMILES string of the molecule is CNS(=O)(=O)c1ccc(CCC(=O)N2CCC(c3ncc(-c4ccc(F)c(F)c4)[nH]3)CC2)cc1. The first-order chi connectivity index (χ1) is 16.3. The number of sulfonamides is 1. The molecule has 0 aliphatic carbocycles. The molecule has 1 saturated heterocycles. The Hall–Kier alpha value is -3.11. The van der Waals surface area contributed by atoms with Crippen LogP contribution in [0.1, 0.15) is 36.6 Å². The smallest absolute Gasteiger partial charge is 0.240 e. The van der Waals surface area contributed by atoms with Crippen LogP contribution >= 0.6 is 0 Å². The van der Waals surface area contributed by atoms with Crippen molar-refractivity contribution in [1.29, 1.82) is 0 Å². The molecule has 0 radical (unpaired) electrons. The standard InChI is InChI=1S/C24H26F2N4O3S/c1-27-34(32,33)19-6-2-16(3-7-19)4-9-23(31)30-12-10-17(11-13-30)24-28-15-22(29-24)18-5-8-20(25)21(26)14-18/h2-3,5-8,14-15,17,27H,4,9-13H2,1H3,(H,28,29). The zero-order chi connectivity index (χ0) is 24.3. The number of halogens is 2. The lowest BCUT2D eigenvalue weighted by Crippen LogP contribution is -2.38. The lowest BCUT2D eigenvalue weighted by molar-refractivity contribution is -0.132. The number of benzene rings is 2. The molecule has 1 amide bonds. The van der Waals surface area contributed by atoms with Crippen molar-refractivity contribution in [3.8, 4) is 11.3 Å². The first-order valence-corrected chi connectivity index (χ1v) is 12.6. The fourth-order valence-corrected chi connectivity index (χ4v) is 4.85. The number of nitrogens with zero attached hydrogens (tertiary/aromatic N) is 2. The summed E-state index contributed by atoms with van der Waals surface area (Å²) in [6.07, 6.45) is 4.02. The molecule has 0 unspecified atom stereocenters. The predicted molar refractivity (Wildman–Crippen MR) is 124 cm³/mol. The number of imidazole rings is 1. The molecule has 1 fully saturated rings. The number of piperidine rings is 1. The lowest BCUT2D eigenvalue weighted by atomic mass is 9.95. The third-order valence-corrected chi connectivity index (χ3v) is 7.62. The second kappa shape index (κ2) is 10.0. The van der Waals surface area contributed by atoms with Gasteiger partial charge in [0.25, 0.3) is 0 Å². The number of likely N-dealkylation sites (tertiary alicyclic amines) is 1. The molecular formula is C24H26F2N4O3S. The van der Waals surface area contributed by atoms with E-state index in [1.54, 1.807) is 18.3 Å². The number of aromatic amines is 1. The Morgan fingerprint density at radius 2 is 1.82 bits per heavy atom. The summed E-state index contributed by atoms with van der Waals surface area (Å²) < 4.78 is 52.6. The largest absolute Gasteiger partial charge is 0.343 e. The van der Waals surface area contributed by atoms with Crippen LogP contribution < -0.4 is 4.72 Å². The van der Waals surface area contributed by atoms with Crippen molar-refractivity contribution < 1.29 is 22.0 Å². The minimum absolute atomic E-state index is 0.0623. The van der Waals surface area contributed by atoms with Crippen molar-refractivity contribution in [2.75, 3.05) is 20.1 Å². The number of carbonyl (C=O) groups is 1. The molecule has 1 aliphatic rings. The second-order valence-electron chi connectivity index (χ2n) is 8.32. The molecule has 1 aromatic heterocycles. The maximum atomic E-state index is 13.5. The van der Waals surface area contributed by atoms with Gasteiger partial charge in [-0.05, 0) is 62.2 Å². The Labute approximate surface area is 197 Å². The third-order valence-electron chi connectivity index (χ3n) is 6.19. The van der Waals surface area contributed by atoms with E-state index < -0.39 is 21.7 Å². The number of hydrogen-bond donors (Lipinski definition) is 2. The predicted octanol–water partition coefficient (Wildman–Crippen LogP) is 3.60. The molecule has 2 heterocycles. The van der Waals surface area contributed by atoms with E-state index >= 15 is 0 Å². The van der Waals surface area contributed by atoms with Crippen molar-refractivity contribution in [3.63, 3.8) is 0 Å². The maximum absolute atomic E-state index is 13.5. The van der Waals surface area contributed by atoms with E-state index in [9.17, 15) is 22.0 Å². The van der Waals surface area contributed by atoms with Gasteiger partial charge in [0.15, 0.2) is 11.6 Å². The fraction of sp³-hybridized carbons (Fsp3) is 0.333. The summed E-state index contributed by atoms with van der Waals surface area (Å²) in [5.41, 5.74) is 2.06. The molecule has 2 aromatic carbocycles. The molecule has 0 bridgehead atoms. The Bertz CT molecular complexity index is 1270. The summed E-state index contributed by atoms with van der Waals surface area (Å²) in [6, 6.07) is 10.3. The molecule has 1 aliphatic heterocycles. The van der Waals surface area contributed by atoms with Crippen LogP contribution in [-0.4, -0.2) is 49.3 Å². The quantitative estimate of drug-likeness (QED) is 0.531. The van der Waals surface area contributed by atoms with Crippen LogP contribution in [0.4, 0.5) is 8.78 Å². The van der Waals surface area contributed by atoms with E-state index in [1.165, 1.54) is 25.2 Å². The maximum Gasteiger partial charge on any atom is 0.240 e. The van der Waals surface area contributed by atoms with Crippen molar-refractivity contribution in [2.45, 2.75) is 36.5 Å². The van der Waals surface area contributed by atoms with Crippen LogP contribution in [0.5, 0.6) is 0 Å². The van der Waals surface area contributed by atoms with Crippen LogP contribution in [0.15, 0.2) is 53.6 Å². The van der Waals surface area contributed by atoms with Gasteiger partial charge in [0.2, 0.25) is 15.9 Å². The van der Waals surface area contributed by atoms with Crippen LogP contribution in [-0.2, 0) is 21.2 Å². The number of amides is 1. The van der Waals surface area contributed by atoms with Gasteiger partial charge < -0.3 is 9.88 Å². The van der Waals surface area contributed by atoms with E-state index in [2.05, 4.69) is 14.7 Å². The van der Waals surface area contributed by atoms with Crippen LogP contribution in [0.2, 0.25) is 0 Å². The number of carbonyl (C=O) groups excluding carboxylic acids is 1. The Morgan fingerprint density at radius 3 is 2.47 bits per heavy atom. The summed E-state index contributed by atoms with van der Waals surface area (Å²) in [6.45, 7) is 1.23. The minimum Gasteiger partial charge on any atom is -0.343 e. The highest BCUT2D eigenvalue weighted by atomic mass is 32.2. The number of H-pyrrole nitrogens is 1. The molecule has 0 atom stereocenters. The van der Waals surface area contributed by atoms with Gasteiger partial charge in [-0.3, -0.25) is 4.79 Å². The third kappa shape index (κ3) is 5.34. The molecule has 0 spiro atoms. The van der Waals surface area contributed by atoms with Gasteiger partial charge in [-0.2, -0.15) is 0 Å². The minimum atomic E-state index is -3.47. The molecule has 4 rings (SSSR count). The number of rotatable bonds is 7. The first-order valence-electron chi connectivity index (χ1n) is 11.1. The summed E-state index contributed by atoms with van der Waals surface area (Å²) in [4.78, 5) is 22.3. The van der Waals surface area contributed by atoms with Gasteiger partial charge in [-0.25, -0.2) is 26.9 Å². The zero-order valence-electron chi connectivity index (χ0n) is 18.7. The number of aromatic nitrogens is 2. The van der Waals surface area contributed by atoms with Crippen LogP contribution in [0, 0.1) is 11.6 Å². The molecule has 0 saturated carbocycles. The van der Waals surface area contributed by atoms with Gasteiger partial charge in [0, 0.05) is 31.0 Å². The average molecular weight is 489 g/mol. The first kappa shape index (κ1) is 24.0. The van der Waals surface area contributed by atoms with Gasteiger partial charge in [-0.15, -0.1) is 0 Å². The molecule has 3 aromatic rings. The lowest BCUT2D eigenvalue weighted by Gasteiger charge is -2.31. The van der Waals surface area contributed by atoms with Crippen molar-refractivity contribution in [2.24, 2.45) is 0 Å². The van der Waals surface area contributed by atoms with Gasteiger partial charge in [0.05, 0.1) is 16.8 Å². The van der Waals surface area contributed by atoms with E-state index in [0.717, 1.165) is 36.4 Å². The zero-order valence-corrected chi connectivity index (χ0v) is 19.5. The highest BCUT2D eigenvalue weighted by Crippen LogP contribution is 2.29. The highest BCUT2D eigenvalue weighted by Gasteiger charge is 2.25. The summed E-state index contributed by atoms with van der Waals surface area (Å²) in [7, 11) is -2.11. The summed E-state index contributed by atoms with van der Waals surface area (Å²) in [5, 5.41) is 0. The monoisotopic (exact) mass is 488 g/mol. The summed E-state index contributed by atoms with van der Waals surface area (Å²) in [5.74, 6) is -0.792. The van der Waals surface area contributed by atoms with E-state index in [1.807, 2.05) is 4.90 Å². The second-order valence-corrected chi connectivity index (χ2v) is 10.2. The van der Waals surface area contributed by atoms with Crippen LogP contribution in [0.3, 0.4) is 0 Å². The van der Waals surface area contributed by atoms with Gasteiger partial charge in [0.1, 0.15) is 5.82 Å². The summed E-state index contributed by atoms with van der Waals surface area (Å²) >= 11 is 0. The Balaban J connectivity index is 1.29. The molecule has 10 heteroatoms. The van der Waals surface area contributed by atoms with Crippen molar-refractivity contribution in [3.05, 3.63) is 71.7 Å². The number of aryl methyl sites for hydroxylation is 1. The normalized spacial score (nSPS) is 15.0. The van der Waals surface area contributed by atoms with Crippen molar-refractivity contribution >= 4 is 15.9 Å². The van der Waals surface area contributed by atoms with Gasteiger partial charge in [-0.1, -0.05) is 12.1 Å². The Morgan fingerprint density at radius 1 is 1.12 bits per heavy atom. The van der Waals surface area contributed by atoms with Gasteiger partial charge >= 0.3 is 0 Å². The van der Waals surface area contributed by atoms with Crippen LogP contribution in [0.25, 0.3) is 11.3 Å².